The number of carboxylic acids is 1. The summed E-state index contributed by atoms with van der Waals surface area (Å²) in [5.74, 6) is -1.54. The van der Waals surface area contributed by atoms with Gasteiger partial charge in [0.2, 0.25) is 0 Å². The molecule has 0 aromatic heterocycles. The number of carbonyl (C=O) groups excluding carboxylic acids is 1. The third-order valence-electron chi connectivity index (χ3n) is 1.79. The van der Waals surface area contributed by atoms with Crippen molar-refractivity contribution in [3.8, 4) is 0 Å². The lowest BCUT2D eigenvalue weighted by atomic mass is 10.2. The van der Waals surface area contributed by atoms with Crippen molar-refractivity contribution in [3.63, 3.8) is 0 Å². The highest BCUT2D eigenvalue weighted by Gasteiger charge is 2.25. The van der Waals surface area contributed by atoms with Gasteiger partial charge in [-0.15, -0.1) is 0 Å². The number of esters is 1. The van der Waals surface area contributed by atoms with E-state index in [2.05, 4.69) is 0 Å². The molecule has 1 aliphatic rings. The van der Waals surface area contributed by atoms with E-state index in [9.17, 15) is 9.59 Å². The van der Waals surface area contributed by atoms with E-state index in [1.54, 1.807) is 0 Å². The van der Waals surface area contributed by atoms with Crippen LogP contribution in [0.25, 0.3) is 0 Å². The van der Waals surface area contributed by atoms with Crippen LogP contribution in [0.5, 0.6) is 0 Å². The molecule has 0 radical (unpaired) electrons. The van der Waals surface area contributed by atoms with E-state index in [0.717, 1.165) is 0 Å². The van der Waals surface area contributed by atoms with Gasteiger partial charge in [-0.05, 0) is 6.42 Å². The van der Waals surface area contributed by atoms with E-state index in [4.69, 9.17) is 20.3 Å². The number of epoxide rings is 1. The highest BCUT2D eigenvalue weighted by atomic mass is 16.6. The molecule has 1 heterocycles. The second-order valence-electron chi connectivity index (χ2n) is 3.12. The fourth-order valence-corrected chi connectivity index (χ4v) is 0.843. The molecule has 14 heavy (non-hydrogen) atoms. The summed E-state index contributed by atoms with van der Waals surface area (Å²) in [6, 6.07) is -0.857. The van der Waals surface area contributed by atoms with Gasteiger partial charge in [-0.1, -0.05) is 0 Å². The summed E-state index contributed by atoms with van der Waals surface area (Å²) in [5, 5.41) is 8.34. The van der Waals surface area contributed by atoms with Crippen molar-refractivity contribution in [1.82, 2.24) is 0 Å². The van der Waals surface area contributed by atoms with Crippen LogP contribution in [-0.2, 0) is 19.1 Å². The first kappa shape index (κ1) is 10.9. The van der Waals surface area contributed by atoms with Crippen LogP contribution in [0.4, 0.5) is 0 Å². The van der Waals surface area contributed by atoms with Crippen LogP contribution in [0.2, 0.25) is 0 Å². The normalized spacial score (nSPS) is 21.4. The zero-order valence-corrected chi connectivity index (χ0v) is 7.64. The van der Waals surface area contributed by atoms with Crippen LogP contribution in [0, 0.1) is 0 Å². The van der Waals surface area contributed by atoms with Gasteiger partial charge in [0.15, 0.2) is 0 Å². The maximum Gasteiger partial charge on any atom is 0.323 e. The van der Waals surface area contributed by atoms with Crippen molar-refractivity contribution in [1.29, 1.82) is 0 Å². The predicted octanol–water partition coefficient (Wildman–Crippen LogP) is -0.879. The van der Waals surface area contributed by atoms with Gasteiger partial charge in [0.05, 0.1) is 6.61 Å². The second kappa shape index (κ2) is 4.92. The molecular weight excluding hydrogens is 190 g/mol. The first-order valence-electron chi connectivity index (χ1n) is 4.35. The molecule has 2 atom stereocenters. The van der Waals surface area contributed by atoms with Gasteiger partial charge in [-0.2, -0.15) is 0 Å². The number of hydrogen-bond donors (Lipinski definition) is 2. The SMILES string of the molecule is NC(CCC(=O)O)C(=O)OCC1CO1. The maximum atomic E-state index is 11.1. The number of carboxylic acid groups (broad SMARTS) is 1. The smallest absolute Gasteiger partial charge is 0.323 e. The lowest BCUT2D eigenvalue weighted by Crippen LogP contribution is -2.33. The summed E-state index contributed by atoms with van der Waals surface area (Å²) in [6.45, 7) is 0.817. The molecule has 0 amide bonds. The molecule has 0 aromatic rings. The van der Waals surface area contributed by atoms with Gasteiger partial charge in [0, 0.05) is 6.42 Å². The van der Waals surface area contributed by atoms with Gasteiger partial charge in [0.25, 0.3) is 0 Å². The molecule has 80 valence electrons. The van der Waals surface area contributed by atoms with E-state index >= 15 is 0 Å². The number of aliphatic carboxylic acids is 1. The summed E-state index contributed by atoms with van der Waals surface area (Å²) in [4.78, 5) is 21.3. The quantitative estimate of drug-likeness (QED) is 0.429. The zero-order valence-electron chi connectivity index (χ0n) is 7.64. The minimum atomic E-state index is -0.973. The molecule has 2 unspecified atom stereocenters. The number of carbonyl (C=O) groups is 2. The van der Waals surface area contributed by atoms with Crippen molar-refractivity contribution < 1.29 is 24.2 Å². The standard InChI is InChI=1S/C8H13NO5/c9-6(1-2-7(10)11)8(12)14-4-5-3-13-5/h5-6H,1-4,9H2,(H,10,11). The highest BCUT2D eigenvalue weighted by molar-refractivity contribution is 5.76. The number of ether oxygens (including phenoxy) is 2. The van der Waals surface area contributed by atoms with Crippen LogP contribution in [0.15, 0.2) is 0 Å². The molecule has 0 aliphatic carbocycles. The Hall–Kier alpha value is -1.14. The lowest BCUT2D eigenvalue weighted by molar-refractivity contribution is -0.146. The third-order valence-corrected chi connectivity index (χ3v) is 1.79. The van der Waals surface area contributed by atoms with Gasteiger partial charge < -0.3 is 20.3 Å². The fraction of sp³-hybridized carbons (Fsp3) is 0.750. The molecule has 0 spiro atoms. The van der Waals surface area contributed by atoms with Crippen molar-refractivity contribution in [3.05, 3.63) is 0 Å². The zero-order chi connectivity index (χ0) is 10.6. The fourth-order valence-electron chi connectivity index (χ4n) is 0.843. The van der Waals surface area contributed by atoms with Crippen LogP contribution in [-0.4, -0.2) is 42.4 Å². The Balaban J connectivity index is 2.10. The van der Waals surface area contributed by atoms with E-state index in [-0.39, 0.29) is 25.6 Å². The van der Waals surface area contributed by atoms with Crippen LogP contribution in [0.3, 0.4) is 0 Å². The molecule has 1 aliphatic heterocycles. The van der Waals surface area contributed by atoms with Gasteiger partial charge in [-0.25, -0.2) is 0 Å². The minimum absolute atomic E-state index is 0.00521. The number of hydrogen-bond acceptors (Lipinski definition) is 5. The average molecular weight is 203 g/mol. The highest BCUT2D eigenvalue weighted by Crippen LogP contribution is 2.09. The molecule has 1 saturated heterocycles. The van der Waals surface area contributed by atoms with E-state index in [1.165, 1.54) is 0 Å². The summed E-state index contributed by atoms with van der Waals surface area (Å²) in [7, 11) is 0. The monoisotopic (exact) mass is 203 g/mol. The van der Waals surface area contributed by atoms with Gasteiger partial charge in [0.1, 0.15) is 18.8 Å². The first-order valence-corrected chi connectivity index (χ1v) is 4.35. The van der Waals surface area contributed by atoms with Crippen LogP contribution in [0.1, 0.15) is 12.8 Å². The summed E-state index contributed by atoms with van der Waals surface area (Å²) < 4.78 is 9.60. The molecule has 6 heteroatoms. The molecule has 0 saturated carbocycles. The lowest BCUT2D eigenvalue weighted by Gasteiger charge is -2.08. The van der Waals surface area contributed by atoms with Crippen molar-refractivity contribution >= 4 is 11.9 Å². The second-order valence-corrected chi connectivity index (χ2v) is 3.12. The Kier molecular flexibility index (Phi) is 3.84. The first-order chi connectivity index (χ1) is 6.59. The maximum absolute atomic E-state index is 11.1. The summed E-state index contributed by atoms with van der Waals surface area (Å²) in [6.07, 6.45) is -0.0267. The molecule has 3 N–H and O–H groups in total. The van der Waals surface area contributed by atoms with Crippen molar-refractivity contribution in [2.45, 2.75) is 25.0 Å². The third kappa shape index (κ3) is 4.20. The van der Waals surface area contributed by atoms with Gasteiger partial charge >= 0.3 is 11.9 Å². The molecule has 0 bridgehead atoms. The Morgan fingerprint density at radius 2 is 2.29 bits per heavy atom. The molecule has 1 fully saturated rings. The van der Waals surface area contributed by atoms with Crippen LogP contribution < -0.4 is 5.73 Å². The molecule has 1 rings (SSSR count). The average Bonchev–Trinajstić information content (AvgIpc) is 2.93. The minimum Gasteiger partial charge on any atom is -0.481 e. The molecule has 6 nitrogen and oxygen atoms in total. The molecular formula is C8H13NO5. The van der Waals surface area contributed by atoms with Crippen molar-refractivity contribution in [2.75, 3.05) is 13.2 Å². The Bertz CT molecular complexity index is 226. The molecule has 0 aromatic carbocycles. The topological polar surface area (TPSA) is 102 Å². The van der Waals surface area contributed by atoms with Gasteiger partial charge in [-0.3, -0.25) is 9.59 Å². The number of nitrogens with two attached hydrogens (primary N) is 1. The van der Waals surface area contributed by atoms with E-state index in [0.29, 0.717) is 6.61 Å². The largest absolute Gasteiger partial charge is 0.481 e. The Labute approximate surface area is 81.0 Å². The van der Waals surface area contributed by atoms with Crippen molar-refractivity contribution in [2.24, 2.45) is 5.73 Å². The Morgan fingerprint density at radius 3 is 2.79 bits per heavy atom. The van der Waals surface area contributed by atoms with E-state index < -0.39 is 18.0 Å². The summed E-state index contributed by atoms with van der Waals surface area (Å²) >= 11 is 0. The summed E-state index contributed by atoms with van der Waals surface area (Å²) in [5.41, 5.74) is 5.39. The predicted molar refractivity (Wildman–Crippen MR) is 45.5 cm³/mol. The Morgan fingerprint density at radius 1 is 1.64 bits per heavy atom. The van der Waals surface area contributed by atoms with Crippen LogP contribution >= 0.6 is 0 Å². The number of rotatable bonds is 6. The van der Waals surface area contributed by atoms with E-state index in [1.807, 2.05) is 0 Å².